The number of aryl methyl sites for hydroxylation is 1. The first-order chi connectivity index (χ1) is 12.4. The average Bonchev–Trinajstić information content (AvgIpc) is 3.03. The second kappa shape index (κ2) is 8.18. The van der Waals surface area contributed by atoms with E-state index < -0.39 is 15.9 Å². The quantitative estimate of drug-likeness (QED) is 0.491. The first-order valence-electron chi connectivity index (χ1n) is 8.05. The average molecular weight is 385 g/mol. The molecule has 0 radical (unpaired) electrons. The van der Waals surface area contributed by atoms with Crippen LogP contribution in [0.1, 0.15) is 26.5 Å². The number of nitrogens with zero attached hydrogens (tertiary/aromatic N) is 2. The third-order valence-electron chi connectivity index (χ3n) is 3.88. The Bertz CT molecular complexity index is 1040. The summed E-state index contributed by atoms with van der Waals surface area (Å²) in [4.78, 5) is -0.0292. The molecule has 27 heavy (non-hydrogen) atoms. The molecule has 1 aromatic heterocycles. The fourth-order valence-corrected chi connectivity index (χ4v) is 3.53. The Hall–Kier alpha value is -2.93. The van der Waals surface area contributed by atoms with Crippen LogP contribution in [0.15, 0.2) is 68.4 Å². The van der Waals surface area contributed by atoms with Gasteiger partial charge in [0.15, 0.2) is 0 Å². The van der Waals surface area contributed by atoms with E-state index in [2.05, 4.69) is 9.55 Å². The highest BCUT2D eigenvalue weighted by Gasteiger charge is 2.18. The van der Waals surface area contributed by atoms with Crippen LogP contribution in [0.2, 0.25) is 0 Å². The van der Waals surface area contributed by atoms with Crippen LogP contribution in [0.4, 0.5) is 0 Å². The van der Waals surface area contributed by atoms with Crippen molar-refractivity contribution < 1.29 is 18.0 Å². The van der Waals surface area contributed by atoms with Gasteiger partial charge in [-0.1, -0.05) is 62.0 Å². The lowest BCUT2D eigenvalue weighted by Gasteiger charge is -2.08. The molecule has 0 bridgehead atoms. The number of benzene rings is 2. The Morgan fingerprint density at radius 2 is 1.70 bits per heavy atom. The maximum Gasteiger partial charge on any atom is 0.281 e. The summed E-state index contributed by atoms with van der Waals surface area (Å²) >= 11 is 0. The van der Waals surface area contributed by atoms with Crippen molar-refractivity contribution in [3.05, 3.63) is 60.4 Å². The van der Waals surface area contributed by atoms with E-state index in [0.29, 0.717) is 11.5 Å². The lowest BCUT2D eigenvalue weighted by atomic mass is 10.00. The van der Waals surface area contributed by atoms with Gasteiger partial charge in [0.05, 0.1) is 10.5 Å². The molecule has 142 valence electrons. The molecule has 3 aromatic rings. The minimum Gasteiger partial charge on any atom is -0.861 e. The largest absolute Gasteiger partial charge is 0.861 e. The van der Waals surface area contributed by atoms with Crippen LogP contribution in [0.3, 0.4) is 0 Å². The third kappa shape index (κ3) is 4.25. The van der Waals surface area contributed by atoms with Crippen molar-refractivity contribution in [2.75, 3.05) is 0 Å². The van der Waals surface area contributed by atoms with Crippen molar-refractivity contribution in [3.63, 3.8) is 0 Å². The first-order valence-corrected chi connectivity index (χ1v) is 9.49. The van der Waals surface area contributed by atoms with Crippen molar-refractivity contribution >= 4 is 15.9 Å². The van der Waals surface area contributed by atoms with Crippen LogP contribution in [-0.4, -0.2) is 19.5 Å². The SMILES string of the molecule is C.CCC([O-])=NS(=O)(=O)c1ccc(-c2c(-c3ccccc3)noc2C)cc1. The van der Waals surface area contributed by atoms with Crippen molar-refractivity contribution in [2.45, 2.75) is 32.6 Å². The lowest BCUT2D eigenvalue weighted by molar-refractivity contribution is -0.217. The molecule has 0 saturated heterocycles. The zero-order valence-electron chi connectivity index (χ0n) is 14.3. The lowest BCUT2D eigenvalue weighted by Crippen LogP contribution is -2.18. The van der Waals surface area contributed by atoms with Crippen molar-refractivity contribution in [1.82, 2.24) is 5.16 Å². The first kappa shape index (κ1) is 20.4. The second-order valence-corrected chi connectivity index (χ2v) is 7.27. The summed E-state index contributed by atoms with van der Waals surface area (Å²) < 4.78 is 32.9. The standard InChI is InChI=1S/C19H18N2O4S.CH4/c1-3-17(22)21-26(23,24)16-11-9-14(10-12-16)18-13(2)25-20-19(18)15-7-5-4-6-8-15;/h4-12H,3H2,1-2H3,(H,21,22);1H4/p-1. The van der Waals surface area contributed by atoms with Gasteiger partial charge in [0.2, 0.25) is 0 Å². The van der Waals surface area contributed by atoms with E-state index in [1.165, 1.54) is 12.1 Å². The van der Waals surface area contributed by atoms with E-state index in [1.807, 2.05) is 30.3 Å². The molecule has 6 nitrogen and oxygen atoms in total. The summed E-state index contributed by atoms with van der Waals surface area (Å²) in [6, 6.07) is 15.8. The zero-order valence-corrected chi connectivity index (χ0v) is 15.2. The van der Waals surface area contributed by atoms with E-state index in [0.717, 1.165) is 16.7 Å². The Labute approximate surface area is 159 Å². The molecule has 0 fully saturated rings. The van der Waals surface area contributed by atoms with E-state index in [-0.39, 0.29) is 18.7 Å². The number of sulfonamides is 1. The Morgan fingerprint density at radius 3 is 2.30 bits per heavy atom. The van der Waals surface area contributed by atoms with E-state index in [9.17, 15) is 13.5 Å². The zero-order chi connectivity index (χ0) is 18.7. The molecule has 0 saturated carbocycles. The van der Waals surface area contributed by atoms with Gasteiger partial charge in [-0.05, 0) is 36.9 Å². The van der Waals surface area contributed by atoms with Crippen molar-refractivity contribution in [2.24, 2.45) is 4.40 Å². The van der Waals surface area contributed by atoms with Crippen LogP contribution >= 0.6 is 0 Å². The summed E-state index contributed by atoms with van der Waals surface area (Å²) in [6.07, 6.45) is 0.0393. The van der Waals surface area contributed by atoms with Crippen LogP contribution in [0.25, 0.3) is 22.4 Å². The number of hydrogen-bond donors (Lipinski definition) is 0. The normalized spacial score (nSPS) is 11.9. The Balaban J connectivity index is 0.00000261. The fourth-order valence-electron chi connectivity index (χ4n) is 2.55. The summed E-state index contributed by atoms with van der Waals surface area (Å²) in [5, 5.41) is 15.5. The summed E-state index contributed by atoms with van der Waals surface area (Å²) in [5.74, 6) is -0.0411. The van der Waals surface area contributed by atoms with Crippen LogP contribution < -0.4 is 5.11 Å². The molecule has 1 heterocycles. The predicted molar refractivity (Wildman–Crippen MR) is 104 cm³/mol. The predicted octanol–water partition coefficient (Wildman–Crippen LogP) is 3.81. The maximum atomic E-state index is 12.1. The van der Waals surface area contributed by atoms with Crippen LogP contribution in [0, 0.1) is 6.92 Å². The highest BCUT2D eigenvalue weighted by Crippen LogP contribution is 2.34. The molecular formula is C20H21N2O4S-. The molecule has 0 amide bonds. The highest BCUT2D eigenvalue weighted by molar-refractivity contribution is 7.90. The molecule has 0 N–H and O–H groups in total. The van der Waals surface area contributed by atoms with Gasteiger partial charge in [-0.15, -0.1) is 0 Å². The third-order valence-corrected chi connectivity index (χ3v) is 5.19. The Kier molecular flexibility index (Phi) is 6.17. The van der Waals surface area contributed by atoms with Gasteiger partial charge in [-0.2, -0.15) is 12.8 Å². The minimum atomic E-state index is -3.99. The monoisotopic (exact) mass is 385 g/mol. The molecule has 0 aliphatic rings. The van der Waals surface area contributed by atoms with Crippen LogP contribution in [-0.2, 0) is 10.0 Å². The van der Waals surface area contributed by atoms with Gasteiger partial charge >= 0.3 is 0 Å². The van der Waals surface area contributed by atoms with Gasteiger partial charge in [0.1, 0.15) is 11.5 Å². The van der Waals surface area contributed by atoms with Crippen molar-refractivity contribution in [1.29, 1.82) is 0 Å². The minimum absolute atomic E-state index is 0. The summed E-state index contributed by atoms with van der Waals surface area (Å²) in [7, 11) is -3.99. The molecule has 0 atom stereocenters. The molecule has 7 heteroatoms. The van der Waals surface area contributed by atoms with Crippen molar-refractivity contribution in [3.8, 4) is 22.4 Å². The van der Waals surface area contributed by atoms with Gasteiger partial charge in [0.25, 0.3) is 10.0 Å². The summed E-state index contributed by atoms with van der Waals surface area (Å²) in [6.45, 7) is 3.36. The maximum absolute atomic E-state index is 12.1. The van der Waals surface area contributed by atoms with E-state index >= 15 is 0 Å². The number of aromatic nitrogens is 1. The Morgan fingerprint density at radius 1 is 1.07 bits per heavy atom. The van der Waals surface area contributed by atoms with Gasteiger partial charge in [-0.3, -0.25) is 0 Å². The molecule has 3 rings (SSSR count). The molecule has 0 aliphatic carbocycles. The fraction of sp³-hybridized carbons (Fsp3) is 0.200. The topological polar surface area (TPSA) is 95.6 Å². The highest BCUT2D eigenvalue weighted by atomic mass is 32.2. The van der Waals surface area contributed by atoms with E-state index in [1.54, 1.807) is 26.0 Å². The smallest absolute Gasteiger partial charge is 0.281 e. The molecule has 0 aliphatic heterocycles. The number of hydrogen-bond acceptors (Lipinski definition) is 5. The molecule has 0 unspecified atom stereocenters. The van der Waals surface area contributed by atoms with Gasteiger partial charge in [-0.25, -0.2) is 0 Å². The van der Waals surface area contributed by atoms with Gasteiger partial charge < -0.3 is 9.63 Å². The van der Waals surface area contributed by atoms with Gasteiger partial charge in [0, 0.05) is 5.56 Å². The summed E-state index contributed by atoms with van der Waals surface area (Å²) in [5.41, 5.74) is 3.15. The molecular weight excluding hydrogens is 364 g/mol. The molecule has 2 aromatic carbocycles. The number of rotatable bonds is 5. The second-order valence-electron chi connectivity index (χ2n) is 5.67. The van der Waals surface area contributed by atoms with Crippen LogP contribution in [0.5, 0.6) is 0 Å². The molecule has 0 spiro atoms. The van der Waals surface area contributed by atoms with E-state index in [4.69, 9.17) is 4.52 Å².